The Hall–Kier alpha value is -2.40. The summed E-state index contributed by atoms with van der Waals surface area (Å²) in [7, 11) is 0. The Morgan fingerprint density at radius 1 is 1.12 bits per heavy atom. The third-order valence-corrected chi connectivity index (χ3v) is 4.75. The molecule has 0 bridgehead atoms. The number of carbonyl (C=O) groups is 1. The van der Waals surface area contributed by atoms with E-state index in [2.05, 4.69) is 10.6 Å². The van der Waals surface area contributed by atoms with Crippen LogP contribution in [0.15, 0.2) is 54.6 Å². The lowest BCUT2D eigenvalue weighted by Gasteiger charge is -2.21. The van der Waals surface area contributed by atoms with Gasteiger partial charge in [0.05, 0.1) is 5.54 Å². The van der Waals surface area contributed by atoms with Crippen LogP contribution >= 0.6 is 0 Å². The summed E-state index contributed by atoms with van der Waals surface area (Å²) in [6, 6.07) is 16.1. The molecular weight excluding hydrogens is 319 g/mol. The first-order valence-electron chi connectivity index (χ1n) is 8.61. The van der Waals surface area contributed by atoms with E-state index in [9.17, 15) is 14.3 Å². The number of aliphatic hydroxyl groups is 1. The highest BCUT2D eigenvalue weighted by Crippen LogP contribution is 2.46. The maximum absolute atomic E-state index is 14.0. The third kappa shape index (κ3) is 4.17. The van der Waals surface area contributed by atoms with Gasteiger partial charge in [-0.3, -0.25) is 0 Å². The van der Waals surface area contributed by atoms with Crippen LogP contribution in [0.4, 0.5) is 9.18 Å². The molecule has 1 fully saturated rings. The minimum absolute atomic E-state index is 0.0422. The molecule has 0 radical (unpaired) electrons. The van der Waals surface area contributed by atoms with Crippen molar-refractivity contribution in [3.63, 3.8) is 0 Å². The number of rotatable bonds is 7. The molecule has 1 saturated carbocycles. The molecular formula is C20H23FN2O2. The number of urea groups is 1. The Bertz CT molecular complexity index is 717. The molecule has 1 aliphatic rings. The first-order valence-corrected chi connectivity index (χ1v) is 8.61. The van der Waals surface area contributed by atoms with E-state index < -0.39 is 5.54 Å². The lowest BCUT2D eigenvalue weighted by Crippen LogP contribution is -2.43. The van der Waals surface area contributed by atoms with Crippen LogP contribution in [0.5, 0.6) is 0 Å². The standard InChI is InChI=1S/C20H23FN2O2/c21-18-9-5-4-8-17(18)20(11-12-20)23-19(25)22-14-16(10-13-24)15-6-2-1-3-7-15/h1-9,16,24H,10-14H2,(H2,22,23,25). The van der Waals surface area contributed by atoms with Gasteiger partial charge < -0.3 is 15.7 Å². The number of hydrogen-bond donors (Lipinski definition) is 3. The average Bonchev–Trinajstić information content (AvgIpc) is 3.40. The van der Waals surface area contributed by atoms with Gasteiger partial charge in [-0.15, -0.1) is 0 Å². The van der Waals surface area contributed by atoms with Crippen molar-refractivity contribution in [3.05, 3.63) is 71.5 Å². The highest BCUT2D eigenvalue weighted by atomic mass is 19.1. The predicted molar refractivity (Wildman–Crippen MR) is 94.7 cm³/mol. The Balaban J connectivity index is 1.60. The summed E-state index contributed by atoms with van der Waals surface area (Å²) in [5, 5.41) is 15.1. The SMILES string of the molecule is O=C(NCC(CCO)c1ccccc1)NC1(c2ccccc2F)CC1. The van der Waals surface area contributed by atoms with Gasteiger partial charge in [-0.1, -0.05) is 48.5 Å². The second kappa shape index (κ2) is 7.66. The molecule has 3 rings (SSSR count). The smallest absolute Gasteiger partial charge is 0.315 e. The van der Waals surface area contributed by atoms with E-state index >= 15 is 0 Å². The molecule has 2 amide bonds. The summed E-state index contributed by atoms with van der Waals surface area (Å²) in [6.07, 6.45) is 2.04. The van der Waals surface area contributed by atoms with Crippen LogP contribution in [0.2, 0.25) is 0 Å². The summed E-state index contributed by atoms with van der Waals surface area (Å²) in [5.74, 6) is -0.247. The maximum Gasteiger partial charge on any atom is 0.315 e. The van der Waals surface area contributed by atoms with E-state index in [-0.39, 0.29) is 24.4 Å². The molecule has 2 aromatic rings. The Morgan fingerprint density at radius 2 is 1.80 bits per heavy atom. The van der Waals surface area contributed by atoms with Gasteiger partial charge in [0.2, 0.25) is 0 Å². The van der Waals surface area contributed by atoms with Crippen molar-refractivity contribution in [3.8, 4) is 0 Å². The van der Waals surface area contributed by atoms with Crippen molar-refractivity contribution in [2.24, 2.45) is 0 Å². The van der Waals surface area contributed by atoms with Crippen LogP contribution < -0.4 is 10.6 Å². The molecule has 132 valence electrons. The topological polar surface area (TPSA) is 61.4 Å². The van der Waals surface area contributed by atoms with E-state index in [0.29, 0.717) is 18.5 Å². The van der Waals surface area contributed by atoms with Gasteiger partial charge in [0.1, 0.15) is 5.82 Å². The minimum Gasteiger partial charge on any atom is -0.396 e. The van der Waals surface area contributed by atoms with Crippen LogP contribution in [-0.2, 0) is 5.54 Å². The van der Waals surface area contributed by atoms with Gasteiger partial charge in [-0.2, -0.15) is 0 Å². The fourth-order valence-electron chi connectivity index (χ4n) is 3.18. The van der Waals surface area contributed by atoms with Gasteiger partial charge in [0, 0.05) is 24.6 Å². The second-order valence-electron chi connectivity index (χ2n) is 6.52. The highest BCUT2D eigenvalue weighted by Gasteiger charge is 2.47. The third-order valence-electron chi connectivity index (χ3n) is 4.75. The van der Waals surface area contributed by atoms with Crippen molar-refractivity contribution in [2.45, 2.75) is 30.7 Å². The average molecular weight is 342 g/mol. The first kappa shape index (κ1) is 17.4. The second-order valence-corrected chi connectivity index (χ2v) is 6.52. The van der Waals surface area contributed by atoms with Crippen LogP contribution in [0.3, 0.4) is 0 Å². The van der Waals surface area contributed by atoms with E-state index in [1.165, 1.54) is 6.07 Å². The van der Waals surface area contributed by atoms with Gasteiger partial charge in [0.15, 0.2) is 0 Å². The summed E-state index contributed by atoms with van der Waals surface area (Å²) in [5.41, 5.74) is 1.03. The predicted octanol–water partition coefficient (Wildman–Crippen LogP) is 3.28. The van der Waals surface area contributed by atoms with Gasteiger partial charge >= 0.3 is 6.03 Å². The van der Waals surface area contributed by atoms with Gasteiger partial charge in [-0.05, 0) is 30.9 Å². The molecule has 4 nitrogen and oxygen atoms in total. The van der Waals surface area contributed by atoms with Crippen molar-refractivity contribution < 1.29 is 14.3 Å². The molecule has 0 saturated heterocycles. The monoisotopic (exact) mass is 342 g/mol. The fraction of sp³-hybridized carbons (Fsp3) is 0.350. The van der Waals surface area contributed by atoms with Crippen LogP contribution in [0.25, 0.3) is 0 Å². The van der Waals surface area contributed by atoms with Gasteiger partial charge in [-0.25, -0.2) is 9.18 Å². The Morgan fingerprint density at radius 3 is 2.44 bits per heavy atom. The highest BCUT2D eigenvalue weighted by molar-refractivity contribution is 5.75. The van der Waals surface area contributed by atoms with Crippen molar-refractivity contribution in [1.82, 2.24) is 10.6 Å². The molecule has 1 aliphatic carbocycles. The van der Waals surface area contributed by atoms with Crippen LogP contribution in [0, 0.1) is 5.82 Å². The Kier molecular flexibility index (Phi) is 5.34. The molecule has 1 atom stereocenters. The number of aliphatic hydroxyl groups excluding tert-OH is 1. The first-order chi connectivity index (χ1) is 12.1. The summed E-state index contributed by atoms with van der Waals surface area (Å²) < 4.78 is 14.0. The molecule has 0 heterocycles. The zero-order valence-electron chi connectivity index (χ0n) is 14.0. The number of halogens is 1. The number of nitrogens with one attached hydrogen (secondary N) is 2. The quantitative estimate of drug-likeness (QED) is 0.723. The molecule has 0 spiro atoms. The zero-order chi connectivity index (χ0) is 17.7. The minimum atomic E-state index is -0.589. The number of amides is 2. The summed E-state index contributed by atoms with van der Waals surface area (Å²) >= 11 is 0. The Labute approximate surface area is 147 Å². The summed E-state index contributed by atoms with van der Waals surface area (Å²) in [4.78, 5) is 12.3. The molecule has 5 heteroatoms. The molecule has 0 aromatic heterocycles. The summed E-state index contributed by atoms with van der Waals surface area (Å²) in [6.45, 7) is 0.478. The van der Waals surface area contributed by atoms with E-state index in [4.69, 9.17) is 0 Å². The normalized spacial score (nSPS) is 16.1. The molecule has 2 aromatic carbocycles. The molecule has 3 N–H and O–H groups in total. The number of carbonyl (C=O) groups excluding carboxylic acids is 1. The number of hydrogen-bond acceptors (Lipinski definition) is 2. The van der Waals surface area contributed by atoms with Crippen molar-refractivity contribution in [1.29, 1.82) is 0 Å². The van der Waals surface area contributed by atoms with Crippen molar-refractivity contribution >= 4 is 6.03 Å². The molecule has 0 aliphatic heterocycles. The van der Waals surface area contributed by atoms with E-state index in [1.807, 2.05) is 30.3 Å². The van der Waals surface area contributed by atoms with Gasteiger partial charge in [0.25, 0.3) is 0 Å². The maximum atomic E-state index is 14.0. The molecule has 25 heavy (non-hydrogen) atoms. The fourth-order valence-corrected chi connectivity index (χ4v) is 3.18. The van der Waals surface area contributed by atoms with E-state index in [1.54, 1.807) is 18.2 Å². The largest absolute Gasteiger partial charge is 0.396 e. The van der Waals surface area contributed by atoms with Crippen molar-refractivity contribution in [2.75, 3.05) is 13.2 Å². The zero-order valence-corrected chi connectivity index (χ0v) is 14.0. The lowest BCUT2D eigenvalue weighted by atomic mass is 9.96. The van der Waals surface area contributed by atoms with Crippen LogP contribution in [0.1, 0.15) is 36.3 Å². The van der Waals surface area contributed by atoms with E-state index in [0.717, 1.165) is 18.4 Å². The number of benzene rings is 2. The lowest BCUT2D eigenvalue weighted by molar-refractivity contribution is 0.232. The molecule has 1 unspecified atom stereocenters. The van der Waals surface area contributed by atoms with Crippen LogP contribution in [-0.4, -0.2) is 24.3 Å².